The minimum Gasteiger partial charge on any atom is -0.383 e. The summed E-state index contributed by atoms with van der Waals surface area (Å²) in [5.74, 6) is 0. The second-order valence-electron chi connectivity index (χ2n) is 6.82. The molecule has 1 aliphatic rings. The maximum Gasteiger partial charge on any atom is 0.256 e. The molecule has 3 aromatic rings. The summed E-state index contributed by atoms with van der Waals surface area (Å²) in [4.78, 5) is 22.2. The number of methoxy groups -OCH3 is 1. The van der Waals surface area contributed by atoms with E-state index in [1.807, 2.05) is 6.26 Å². The number of nitrogens with zero attached hydrogens (tertiary/aromatic N) is 3. The predicted molar refractivity (Wildman–Crippen MR) is 108 cm³/mol. The summed E-state index contributed by atoms with van der Waals surface area (Å²) in [6, 6.07) is 8.47. The van der Waals surface area contributed by atoms with Crippen LogP contribution in [0.2, 0.25) is 0 Å². The lowest BCUT2D eigenvalue weighted by Crippen LogP contribution is -2.35. The standard InChI is InChI=1S/C20H24N4O2S/c1-26-10-9-24-12-14(15-5-3-4-6-18(15)24)11-23-8-7-17-16(13-23)19(25)22-20(21-17)27-2/h3-6,12H,7-11,13H2,1-2H3,(H,21,22,25). The topological polar surface area (TPSA) is 63.1 Å². The Hall–Kier alpha value is -2.09. The SMILES string of the molecule is COCCn1cc(CN2CCc3nc(SC)[nH]c(=O)c3C2)c2ccccc21. The minimum atomic E-state index is -0.00317. The third kappa shape index (κ3) is 3.67. The number of aromatic amines is 1. The van der Waals surface area contributed by atoms with Crippen LogP contribution < -0.4 is 5.56 Å². The maximum atomic E-state index is 12.4. The first kappa shape index (κ1) is 18.3. The van der Waals surface area contributed by atoms with Crippen molar-refractivity contribution >= 4 is 22.7 Å². The zero-order chi connectivity index (χ0) is 18.8. The number of hydrogen-bond donors (Lipinski definition) is 1. The van der Waals surface area contributed by atoms with Crippen LogP contribution in [0.5, 0.6) is 0 Å². The second-order valence-corrected chi connectivity index (χ2v) is 7.61. The van der Waals surface area contributed by atoms with Crippen molar-refractivity contribution < 1.29 is 4.74 Å². The molecule has 0 spiro atoms. The Morgan fingerprint density at radius 2 is 2.19 bits per heavy atom. The van der Waals surface area contributed by atoms with Gasteiger partial charge < -0.3 is 14.3 Å². The highest BCUT2D eigenvalue weighted by atomic mass is 32.2. The number of H-pyrrole nitrogens is 1. The molecule has 27 heavy (non-hydrogen) atoms. The van der Waals surface area contributed by atoms with Crippen LogP contribution in [-0.4, -0.2) is 46.0 Å². The number of nitrogens with one attached hydrogen (secondary N) is 1. The van der Waals surface area contributed by atoms with Crippen molar-refractivity contribution in [2.45, 2.75) is 31.2 Å². The van der Waals surface area contributed by atoms with Crippen LogP contribution in [0, 0.1) is 0 Å². The van der Waals surface area contributed by atoms with Gasteiger partial charge in [-0.05, 0) is 17.9 Å². The van der Waals surface area contributed by atoms with E-state index in [1.165, 1.54) is 28.2 Å². The quantitative estimate of drug-likeness (QED) is 0.523. The fourth-order valence-corrected chi connectivity index (χ4v) is 4.15. The number of thioether (sulfide) groups is 1. The van der Waals surface area contributed by atoms with Crippen molar-refractivity contribution in [2.24, 2.45) is 0 Å². The summed E-state index contributed by atoms with van der Waals surface area (Å²) >= 11 is 1.48. The number of fused-ring (bicyclic) bond motifs is 2. The summed E-state index contributed by atoms with van der Waals surface area (Å²) < 4.78 is 7.50. The highest BCUT2D eigenvalue weighted by Crippen LogP contribution is 2.25. The fourth-order valence-electron chi connectivity index (χ4n) is 3.75. The Labute approximate surface area is 162 Å². The zero-order valence-corrected chi connectivity index (χ0v) is 16.5. The summed E-state index contributed by atoms with van der Waals surface area (Å²) in [5, 5.41) is 1.97. The highest BCUT2D eigenvalue weighted by molar-refractivity contribution is 7.98. The molecule has 0 saturated carbocycles. The lowest BCUT2D eigenvalue weighted by molar-refractivity contribution is 0.188. The highest BCUT2D eigenvalue weighted by Gasteiger charge is 2.22. The Kier molecular flexibility index (Phi) is 5.33. The number of rotatable bonds is 6. The van der Waals surface area contributed by atoms with Crippen LogP contribution in [0.15, 0.2) is 40.4 Å². The lowest BCUT2D eigenvalue weighted by atomic mass is 10.1. The molecule has 0 radical (unpaired) electrons. The fraction of sp³-hybridized carbons (Fsp3) is 0.400. The number of benzene rings is 1. The molecule has 142 valence electrons. The van der Waals surface area contributed by atoms with E-state index in [0.29, 0.717) is 18.3 Å². The molecule has 2 aromatic heterocycles. The van der Waals surface area contributed by atoms with Crippen LogP contribution in [0.4, 0.5) is 0 Å². The molecule has 0 atom stereocenters. The van der Waals surface area contributed by atoms with E-state index in [4.69, 9.17) is 4.74 Å². The van der Waals surface area contributed by atoms with Gasteiger partial charge in [-0.3, -0.25) is 9.69 Å². The smallest absolute Gasteiger partial charge is 0.256 e. The average molecular weight is 385 g/mol. The van der Waals surface area contributed by atoms with Crippen molar-refractivity contribution in [3.63, 3.8) is 0 Å². The third-order valence-corrected chi connectivity index (χ3v) is 5.70. The molecule has 0 amide bonds. The van der Waals surface area contributed by atoms with Crippen LogP contribution in [0.1, 0.15) is 16.8 Å². The summed E-state index contributed by atoms with van der Waals surface area (Å²) in [5.41, 5.74) is 4.27. The number of para-hydroxylation sites is 1. The van der Waals surface area contributed by atoms with Gasteiger partial charge in [-0.15, -0.1) is 0 Å². The van der Waals surface area contributed by atoms with Gasteiger partial charge in [0.1, 0.15) is 0 Å². The van der Waals surface area contributed by atoms with Gasteiger partial charge in [-0.2, -0.15) is 0 Å². The molecule has 1 aliphatic heterocycles. The molecule has 0 bridgehead atoms. The molecule has 4 rings (SSSR count). The molecular weight excluding hydrogens is 360 g/mol. The average Bonchev–Trinajstić information content (AvgIpc) is 3.04. The second kappa shape index (κ2) is 7.88. The van der Waals surface area contributed by atoms with Gasteiger partial charge in [0.15, 0.2) is 5.16 Å². The molecule has 6 nitrogen and oxygen atoms in total. The minimum absolute atomic E-state index is 0.00317. The van der Waals surface area contributed by atoms with Crippen LogP contribution in [-0.2, 0) is 30.8 Å². The molecule has 0 aliphatic carbocycles. The van der Waals surface area contributed by atoms with E-state index in [0.717, 1.165) is 37.3 Å². The van der Waals surface area contributed by atoms with E-state index < -0.39 is 0 Å². The number of hydrogen-bond acceptors (Lipinski definition) is 5. The summed E-state index contributed by atoms with van der Waals surface area (Å²) in [6.07, 6.45) is 4.97. The van der Waals surface area contributed by atoms with Crippen LogP contribution >= 0.6 is 11.8 Å². The maximum absolute atomic E-state index is 12.4. The van der Waals surface area contributed by atoms with E-state index in [1.54, 1.807) is 7.11 Å². The van der Waals surface area contributed by atoms with E-state index in [2.05, 4.69) is 49.9 Å². The first-order chi connectivity index (χ1) is 13.2. The van der Waals surface area contributed by atoms with Gasteiger partial charge in [-0.1, -0.05) is 30.0 Å². The molecule has 3 heterocycles. The van der Waals surface area contributed by atoms with Crippen molar-refractivity contribution in [3.8, 4) is 0 Å². The zero-order valence-electron chi connectivity index (χ0n) is 15.7. The summed E-state index contributed by atoms with van der Waals surface area (Å²) in [7, 11) is 1.73. The first-order valence-electron chi connectivity index (χ1n) is 9.13. The molecule has 0 fully saturated rings. The van der Waals surface area contributed by atoms with Crippen LogP contribution in [0.25, 0.3) is 10.9 Å². The predicted octanol–water partition coefficient (Wildman–Crippen LogP) is 2.65. The van der Waals surface area contributed by atoms with E-state index >= 15 is 0 Å². The van der Waals surface area contributed by atoms with Gasteiger partial charge in [-0.25, -0.2) is 4.98 Å². The monoisotopic (exact) mass is 384 g/mol. The third-order valence-electron chi connectivity index (χ3n) is 5.12. The Bertz CT molecular complexity index is 1010. The lowest BCUT2D eigenvalue weighted by Gasteiger charge is -2.27. The van der Waals surface area contributed by atoms with Crippen molar-refractivity contribution in [1.82, 2.24) is 19.4 Å². The van der Waals surface area contributed by atoms with Crippen LogP contribution in [0.3, 0.4) is 0 Å². The van der Waals surface area contributed by atoms with Gasteiger partial charge in [0.25, 0.3) is 5.56 Å². The van der Waals surface area contributed by atoms with Gasteiger partial charge in [0.2, 0.25) is 0 Å². The molecular formula is C20H24N4O2S. The molecule has 0 unspecified atom stereocenters. The Morgan fingerprint density at radius 1 is 1.33 bits per heavy atom. The molecule has 1 aromatic carbocycles. The largest absolute Gasteiger partial charge is 0.383 e. The number of aromatic nitrogens is 3. The number of ether oxygens (including phenoxy) is 1. The Balaban J connectivity index is 1.59. The molecule has 0 saturated heterocycles. The van der Waals surface area contributed by atoms with Crippen molar-refractivity contribution in [2.75, 3.05) is 26.5 Å². The van der Waals surface area contributed by atoms with Crippen molar-refractivity contribution in [1.29, 1.82) is 0 Å². The van der Waals surface area contributed by atoms with Gasteiger partial charge in [0.05, 0.1) is 17.9 Å². The normalized spacial score (nSPS) is 14.6. The Morgan fingerprint density at radius 3 is 3.00 bits per heavy atom. The molecule has 7 heteroatoms. The van der Waals surface area contributed by atoms with E-state index in [-0.39, 0.29) is 5.56 Å². The van der Waals surface area contributed by atoms with Gasteiger partial charge >= 0.3 is 0 Å². The van der Waals surface area contributed by atoms with Gasteiger partial charge in [0, 0.05) is 56.8 Å². The summed E-state index contributed by atoms with van der Waals surface area (Å²) in [6.45, 7) is 3.90. The van der Waals surface area contributed by atoms with Crippen molar-refractivity contribution in [3.05, 3.63) is 57.6 Å². The first-order valence-corrected chi connectivity index (χ1v) is 10.4. The molecule has 1 N–H and O–H groups in total. The van der Waals surface area contributed by atoms with E-state index in [9.17, 15) is 4.79 Å².